The van der Waals surface area contributed by atoms with Crippen LogP contribution in [0.4, 0.5) is 0 Å². The Bertz CT molecular complexity index is 497. The van der Waals surface area contributed by atoms with Crippen LogP contribution < -0.4 is 5.73 Å². The van der Waals surface area contributed by atoms with Gasteiger partial charge in [-0.2, -0.15) is 10.2 Å². The summed E-state index contributed by atoms with van der Waals surface area (Å²) in [6, 6.07) is 8.92. The first kappa shape index (κ1) is 11.3. The average molecular weight is 254 g/mol. The zero-order valence-electron chi connectivity index (χ0n) is 8.32. The van der Waals surface area contributed by atoms with Gasteiger partial charge < -0.3 is 5.73 Å². The van der Waals surface area contributed by atoms with Gasteiger partial charge in [0, 0.05) is 17.1 Å². The topological polar surface area (TPSA) is 51.8 Å². The first-order chi connectivity index (χ1) is 7.70. The Morgan fingerprint density at radius 2 is 1.88 bits per heavy atom. The molecule has 3 nitrogen and oxygen atoms in total. The van der Waals surface area contributed by atoms with Gasteiger partial charge in [-0.15, -0.1) is 0 Å². The lowest BCUT2D eigenvalue weighted by molar-refractivity contribution is 0.902. The first-order valence-electron chi connectivity index (χ1n) is 4.69. The van der Waals surface area contributed by atoms with Crippen LogP contribution in [0.2, 0.25) is 10.0 Å². The van der Waals surface area contributed by atoms with Gasteiger partial charge in [-0.05, 0) is 30.3 Å². The zero-order valence-corrected chi connectivity index (χ0v) is 9.83. The summed E-state index contributed by atoms with van der Waals surface area (Å²) in [4.78, 5) is 0. The summed E-state index contributed by atoms with van der Waals surface area (Å²) in [6.07, 6.45) is 0. The number of halogens is 2. The Labute approximate surface area is 103 Å². The fourth-order valence-corrected chi connectivity index (χ4v) is 1.81. The first-order valence-corrected chi connectivity index (χ1v) is 5.44. The van der Waals surface area contributed by atoms with Crippen LogP contribution in [0, 0.1) is 0 Å². The molecule has 16 heavy (non-hydrogen) atoms. The monoisotopic (exact) mass is 253 g/mol. The Balaban J connectivity index is 2.42. The molecule has 0 bridgehead atoms. The third-order valence-corrected chi connectivity index (χ3v) is 2.68. The van der Waals surface area contributed by atoms with E-state index in [9.17, 15) is 0 Å². The molecule has 0 atom stereocenters. The summed E-state index contributed by atoms with van der Waals surface area (Å²) in [5.74, 6) is 0. The number of hydrogen-bond donors (Lipinski definition) is 1. The molecule has 2 aromatic rings. The van der Waals surface area contributed by atoms with Crippen molar-refractivity contribution in [1.29, 1.82) is 0 Å². The highest BCUT2D eigenvalue weighted by Gasteiger charge is 2.06. The number of benzene rings is 1. The molecule has 0 radical (unpaired) electrons. The predicted molar refractivity (Wildman–Crippen MR) is 65.4 cm³/mol. The van der Waals surface area contributed by atoms with Crippen molar-refractivity contribution in [1.82, 2.24) is 10.2 Å². The zero-order chi connectivity index (χ0) is 11.5. The van der Waals surface area contributed by atoms with E-state index in [1.165, 1.54) is 0 Å². The molecule has 0 spiro atoms. The van der Waals surface area contributed by atoms with Gasteiger partial charge in [0.25, 0.3) is 0 Å². The van der Waals surface area contributed by atoms with Crippen molar-refractivity contribution >= 4 is 23.2 Å². The number of nitrogens with zero attached hydrogens (tertiary/aromatic N) is 2. The van der Waals surface area contributed by atoms with Crippen LogP contribution in [0.3, 0.4) is 0 Å². The van der Waals surface area contributed by atoms with E-state index in [4.69, 9.17) is 28.9 Å². The maximum atomic E-state index is 6.06. The molecule has 0 aliphatic carbocycles. The second-order valence-corrected chi connectivity index (χ2v) is 4.08. The Hall–Kier alpha value is -1.16. The molecule has 0 aliphatic rings. The van der Waals surface area contributed by atoms with Crippen LogP contribution in [-0.2, 0) is 6.54 Å². The van der Waals surface area contributed by atoms with Crippen molar-refractivity contribution in [2.24, 2.45) is 5.73 Å². The highest BCUT2D eigenvalue weighted by Crippen LogP contribution is 2.28. The van der Waals surface area contributed by atoms with Gasteiger partial charge in [0.2, 0.25) is 0 Å². The van der Waals surface area contributed by atoms with Crippen LogP contribution in [0.5, 0.6) is 0 Å². The molecule has 1 aromatic heterocycles. The predicted octanol–water partition coefficient (Wildman–Crippen LogP) is 2.91. The standard InChI is InChI=1S/C11H9Cl2N3/c12-7-1-3-9(10(13)5-7)11-4-2-8(6-14)15-16-11/h1-5H,6,14H2. The van der Waals surface area contributed by atoms with E-state index in [1.807, 2.05) is 18.2 Å². The average Bonchev–Trinajstić information content (AvgIpc) is 2.29. The van der Waals surface area contributed by atoms with E-state index >= 15 is 0 Å². The summed E-state index contributed by atoms with van der Waals surface area (Å²) in [5, 5.41) is 9.18. The lowest BCUT2D eigenvalue weighted by atomic mass is 10.1. The maximum Gasteiger partial charge on any atom is 0.0944 e. The van der Waals surface area contributed by atoms with Gasteiger partial charge >= 0.3 is 0 Å². The molecule has 1 aromatic carbocycles. The lowest BCUT2D eigenvalue weighted by Gasteiger charge is -2.03. The smallest absolute Gasteiger partial charge is 0.0944 e. The van der Waals surface area contributed by atoms with Crippen molar-refractivity contribution in [3.8, 4) is 11.3 Å². The minimum absolute atomic E-state index is 0.377. The van der Waals surface area contributed by atoms with Gasteiger partial charge in [-0.25, -0.2) is 0 Å². The van der Waals surface area contributed by atoms with E-state index in [-0.39, 0.29) is 0 Å². The van der Waals surface area contributed by atoms with Gasteiger partial charge in [-0.3, -0.25) is 0 Å². The summed E-state index contributed by atoms with van der Waals surface area (Å²) in [5.41, 5.74) is 7.70. The molecule has 2 rings (SSSR count). The molecule has 0 unspecified atom stereocenters. The summed E-state index contributed by atoms with van der Waals surface area (Å²) >= 11 is 11.9. The van der Waals surface area contributed by atoms with Crippen LogP contribution in [0.1, 0.15) is 5.69 Å². The molecule has 1 heterocycles. The molecule has 5 heteroatoms. The second kappa shape index (κ2) is 4.78. The Kier molecular flexibility index (Phi) is 3.39. The van der Waals surface area contributed by atoms with Crippen molar-refractivity contribution in [3.05, 3.63) is 46.1 Å². The summed E-state index contributed by atoms with van der Waals surface area (Å²) in [6.45, 7) is 0.377. The summed E-state index contributed by atoms with van der Waals surface area (Å²) in [7, 11) is 0. The van der Waals surface area contributed by atoms with Gasteiger partial charge in [0.15, 0.2) is 0 Å². The largest absolute Gasteiger partial charge is 0.325 e. The van der Waals surface area contributed by atoms with E-state index in [0.717, 1.165) is 11.3 Å². The van der Waals surface area contributed by atoms with E-state index in [1.54, 1.807) is 12.1 Å². The molecular formula is C11H9Cl2N3. The second-order valence-electron chi connectivity index (χ2n) is 3.24. The van der Waals surface area contributed by atoms with E-state index in [2.05, 4.69) is 10.2 Å². The highest BCUT2D eigenvalue weighted by molar-refractivity contribution is 6.36. The van der Waals surface area contributed by atoms with E-state index in [0.29, 0.717) is 22.3 Å². The SMILES string of the molecule is NCc1ccc(-c2ccc(Cl)cc2Cl)nn1. The molecule has 0 aliphatic heterocycles. The molecular weight excluding hydrogens is 245 g/mol. The van der Waals surface area contributed by atoms with Crippen LogP contribution in [0.25, 0.3) is 11.3 Å². The third-order valence-electron chi connectivity index (χ3n) is 2.14. The molecule has 82 valence electrons. The normalized spacial score (nSPS) is 10.4. The van der Waals surface area contributed by atoms with Crippen molar-refractivity contribution < 1.29 is 0 Å². The van der Waals surface area contributed by atoms with Gasteiger partial charge in [-0.1, -0.05) is 23.2 Å². The molecule has 2 N–H and O–H groups in total. The minimum atomic E-state index is 0.377. The van der Waals surface area contributed by atoms with Crippen molar-refractivity contribution in [3.63, 3.8) is 0 Å². The lowest BCUT2D eigenvalue weighted by Crippen LogP contribution is -2.01. The van der Waals surface area contributed by atoms with Crippen molar-refractivity contribution in [2.75, 3.05) is 0 Å². The maximum absolute atomic E-state index is 6.06. The molecule has 0 amide bonds. The third kappa shape index (κ3) is 2.32. The van der Waals surface area contributed by atoms with Crippen LogP contribution >= 0.6 is 23.2 Å². The fourth-order valence-electron chi connectivity index (χ4n) is 1.31. The molecule has 0 saturated heterocycles. The summed E-state index contributed by atoms with van der Waals surface area (Å²) < 4.78 is 0. The number of hydrogen-bond acceptors (Lipinski definition) is 3. The quantitative estimate of drug-likeness (QED) is 0.896. The van der Waals surface area contributed by atoms with Crippen molar-refractivity contribution in [2.45, 2.75) is 6.54 Å². The highest BCUT2D eigenvalue weighted by atomic mass is 35.5. The van der Waals surface area contributed by atoms with Crippen LogP contribution in [0.15, 0.2) is 30.3 Å². The Morgan fingerprint density at radius 1 is 1.06 bits per heavy atom. The van der Waals surface area contributed by atoms with Gasteiger partial charge in [0.05, 0.1) is 16.4 Å². The van der Waals surface area contributed by atoms with Gasteiger partial charge in [0.1, 0.15) is 0 Å². The Morgan fingerprint density at radius 3 is 2.44 bits per heavy atom. The van der Waals surface area contributed by atoms with E-state index < -0.39 is 0 Å². The minimum Gasteiger partial charge on any atom is -0.325 e. The number of rotatable bonds is 2. The number of aromatic nitrogens is 2. The van der Waals surface area contributed by atoms with Crippen LogP contribution in [-0.4, -0.2) is 10.2 Å². The number of nitrogens with two attached hydrogens (primary N) is 1. The fraction of sp³-hybridized carbons (Fsp3) is 0.0909. The molecule has 0 fully saturated rings. The molecule has 0 saturated carbocycles.